The number of thiophene rings is 1. The number of nitriles is 1. The number of nitro benzene ring substituents is 1. The van der Waals surface area contributed by atoms with Crippen LogP contribution in [0.15, 0.2) is 23.2 Å². The Balaban J connectivity index is 1.70. The zero-order valence-corrected chi connectivity index (χ0v) is 17.2. The summed E-state index contributed by atoms with van der Waals surface area (Å²) < 4.78 is 0. The number of non-ortho nitro benzene ring substituents is 1. The molecule has 150 valence electrons. The van der Waals surface area contributed by atoms with Crippen LogP contribution < -0.4 is 4.90 Å². The molecule has 0 spiro atoms. The van der Waals surface area contributed by atoms with E-state index in [9.17, 15) is 15.4 Å². The maximum absolute atomic E-state index is 11.3. The molecule has 0 radical (unpaired) electrons. The summed E-state index contributed by atoms with van der Waals surface area (Å²) in [5.41, 5.74) is 3.54. The third kappa shape index (κ3) is 4.02. The van der Waals surface area contributed by atoms with Crippen LogP contribution in [0.3, 0.4) is 0 Å². The van der Waals surface area contributed by atoms with Gasteiger partial charge < -0.3 is 9.80 Å². The van der Waals surface area contributed by atoms with Crippen molar-refractivity contribution in [1.29, 1.82) is 5.26 Å². The molecule has 0 bridgehead atoms. The number of piperazine rings is 1. The number of aliphatic imine (C=N–C) groups is 1. The van der Waals surface area contributed by atoms with Gasteiger partial charge in [-0.15, -0.1) is 11.3 Å². The molecule has 0 N–H and O–H groups in total. The summed E-state index contributed by atoms with van der Waals surface area (Å²) >= 11 is 1.58. The second-order valence-electron chi connectivity index (χ2n) is 7.55. The quantitative estimate of drug-likeness (QED) is 0.434. The third-order valence-corrected chi connectivity index (χ3v) is 6.85. The highest BCUT2D eigenvalue weighted by Gasteiger charge is 2.21. The maximum Gasteiger partial charge on any atom is 0.270 e. The molecule has 1 fully saturated rings. The van der Waals surface area contributed by atoms with E-state index in [1.165, 1.54) is 4.88 Å². The van der Waals surface area contributed by atoms with E-state index in [0.29, 0.717) is 5.56 Å². The minimum atomic E-state index is -0.379. The van der Waals surface area contributed by atoms with Gasteiger partial charge in [0.05, 0.1) is 10.5 Å². The molecule has 7 nitrogen and oxygen atoms in total. The van der Waals surface area contributed by atoms with Gasteiger partial charge >= 0.3 is 0 Å². The first-order valence-electron chi connectivity index (χ1n) is 9.87. The van der Waals surface area contributed by atoms with Crippen molar-refractivity contribution in [3.05, 3.63) is 49.9 Å². The lowest BCUT2D eigenvalue weighted by Gasteiger charge is -2.34. The van der Waals surface area contributed by atoms with Gasteiger partial charge in [-0.25, -0.2) is 4.99 Å². The highest BCUT2D eigenvalue weighted by Crippen LogP contribution is 2.39. The molecule has 4 rings (SSSR count). The van der Waals surface area contributed by atoms with Crippen LogP contribution in [0.5, 0.6) is 0 Å². The Morgan fingerprint density at radius 3 is 2.72 bits per heavy atom. The van der Waals surface area contributed by atoms with Gasteiger partial charge in [0.2, 0.25) is 0 Å². The number of aryl methyl sites for hydroxylation is 1. The standard InChI is InChI=1S/C21H23N5O2S/c1-24-8-10-25(11-9-24)19-7-6-16(26(27)28)12-15(19)14-23-21-18(13-22)17-4-2-3-5-20(17)29-21/h6-7,12,14H,2-5,8-11H2,1H3. The Morgan fingerprint density at radius 1 is 1.24 bits per heavy atom. The zero-order chi connectivity index (χ0) is 20.4. The van der Waals surface area contributed by atoms with Gasteiger partial charge in [-0.3, -0.25) is 10.1 Å². The fourth-order valence-electron chi connectivity index (χ4n) is 3.98. The smallest absolute Gasteiger partial charge is 0.270 e. The predicted molar refractivity (Wildman–Crippen MR) is 116 cm³/mol. The first-order valence-corrected chi connectivity index (χ1v) is 10.7. The molecule has 0 unspecified atom stereocenters. The lowest BCUT2D eigenvalue weighted by atomic mass is 9.96. The summed E-state index contributed by atoms with van der Waals surface area (Å²) in [6.45, 7) is 3.63. The van der Waals surface area contributed by atoms with Crippen molar-refractivity contribution < 1.29 is 4.92 Å². The van der Waals surface area contributed by atoms with Crippen LogP contribution in [-0.2, 0) is 12.8 Å². The number of likely N-dealkylation sites (N-methyl/N-ethyl adjacent to an activating group) is 1. The Kier molecular flexibility index (Phi) is 5.60. The van der Waals surface area contributed by atoms with Gasteiger partial charge in [0, 0.05) is 60.7 Å². The molecule has 2 heterocycles. The fourth-order valence-corrected chi connectivity index (χ4v) is 5.16. The van der Waals surface area contributed by atoms with Crippen LogP contribution in [0.2, 0.25) is 0 Å². The molecule has 1 aliphatic carbocycles. The molecule has 1 aromatic heterocycles. The fraction of sp³-hybridized carbons (Fsp3) is 0.429. The van der Waals surface area contributed by atoms with Gasteiger partial charge in [0.1, 0.15) is 11.1 Å². The van der Waals surface area contributed by atoms with E-state index >= 15 is 0 Å². The molecular weight excluding hydrogens is 386 g/mol. The normalized spacial score (nSPS) is 17.3. The molecule has 29 heavy (non-hydrogen) atoms. The van der Waals surface area contributed by atoms with Gasteiger partial charge in [-0.2, -0.15) is 5.26 Å². The monoisotopic (exact) mass is 409 g/mol. The van der Waals surface area contributed by atoms with E-state index in [1.54, 1.807) is 29.7 Å². The van der Waals surface area contributed by atoms with Crippen LogP contribution >= 0.6 is 11.3 Å². The predicted octanol–water partition coefficient (Wildman–Crippen LogP) is 3.91. The molecule has 1 saturated heterocycles. The Bertz CT molecular complexity index is 999. The molecule has 8 heteroatoms. The highest BCUT2D eigenvalue weighted by molar-refractivity contribution is 7.16. The number of nitro groups is 1. The summed E-state index contributed by atoms with van der Waals surface area (Å²) in [6, 6.07) is 7.27. The van der Waals surface area contributed by atoms with Crippen molar-refractivity contribution in [2.45, 2.75) is 25.7 Å². The zero-order valence-electron chi connectivity index (χ0n) is 16.4. The minimum Gasteiger partial charge on any atom is -0.368 e. The summed E-state index contributed by atoms with van der Waals surface area (Å²) in [5.74, 6) is 0. The van der Waals surface area contributed by atoms with Gasteiger partial charge in [0.15, 0.2) is 0 Å². The average Bonchev–Trinajstić information content (AvgIpc) is 3.10. The Labute approximate surface area is 174 Å². The largest absolute Gasteiger partial charge is 0.368 e. The van der Waals surface area contributed by atoms with Crippen molar-refractivity contribution in [1.82, 2.24) is 4.90 Å². The molecule has 1 aliphatic heterocycles. The second kappa shape index (κ2) is 8.31. The summed E-state index contributed by atoms with van der Waals surface area (Å²) in [7, 11) is 2.09. The molecule has 1 aromatic carbocycles. The lowest BCUT2D eigenvalue weighted by Crippen LogP contribution is -2.44. The van der Waals surface area contributed by atoms with E-state index in [2.05, 4.69) is 27.9 Å². The summed E-state index contributed by atoms with van der Waals surface area (Å²) in [5, 5.41) is 21.6. The maximum atomic E-state index is 11.3. The summed E-state index contributed by atoms with van der Waals surface area (Å²) in [4.78, 5) is 21.3. The second-order valence-corrected chi connectivity index (χ2v) is 8.64. The number of rotatable bonds is 4. The molecular formula is C21H23N5O2S. The van der Waals surface area contributed by atoms with E-state index < -0.39 is 0 Å². The number of anilines is 1. The third-order valence-electron chi connectivity index (χ3n) is 5.65. The van der Waals surface area contributed by atoms with Crippen molar-refractivity contribution >= 4 is 33.9 Å². The van der Waals surface area contributed by atoms with Crippen molar-refractivity contribution in [2.75, 3.05) is 38.1 Å². The number of hydrogen-bond acceptors (Lipinski definition) is 7. The molecule has 0 atom stereocenters. The summed E-state index contributed by atoms with van der Waals surface area (Å²) in [6.07, 6.45) is 5.90. The lowest BCUT2D eigenvalue weighted by molar-refractivity contribution is -0.384. The minimum absolute atomic E-state index is 0.0512. The van der Waals surface area contributed by atoms with Crippen molar-refractivity contribution in [2.24, 2.45) is 4.99 Å². The van der Waals surface area contributed by atoms with Gasteiger partial charge in [-0.05, 0) is 44.4 Å². The molecule has 2 aliphatic rings. The average molecular weight is 410 g/mol. The topological polar surface area (TPSA) is 85.8 Å². The SMILES string of the molecule is CN1CCN(c2ccc([N+](=O)[O-])cc2C=Nc2sc3c(c2C#N)CCCC3)CC1. The van der Waals surface area contributed by atoms with E-state index in [4.69, 9.17) is 0 Å². The van der Waals surface area contributed by atoms with Gasteiger partial charge in [-0.1, -0.05) is 0 Å². The van der Waals surface area contributed by atoms with E-state index in [1.807, 2.05) is 6.07 Å². The molecule has 0 saturated carbocycles. The van der Waals surface area contributed by atoms with Crippen molar-refractivity contribution in [3.8, 4) is 6.07 Å². The van der Waals surface area contributed by atoms with Gasteiger partial charge in [0.25, 0.3) is 5.69 Å². The first kappa shape index (κ1) is 19.6. The first-order chi connectivity index (χ1) is 14.1. The van der Waals surface area contributed by atoms with Crippen molar-refractivity contribution in [3.63, 3.8) is 0 Å². The van der Waals surface area contributed by atoms with E-state index in [0.717, 1.165) is 73.7 Å². The van der Waals surface area contributed by atoms with Crippen LogP contribution in [0.1, 0.15) is 34.4 Å². The van der Waals surface area contributed by atoms with Crippen LogP contribution in [0.4, 0.5) is 16.4 Å². The van der Waals surface area contributed by atoms with E-state index in [-0.39, 0.29) is 10.6 Å². The number of nitrogens with zero attached hydrogens (tertiary/aromatic N) is 5. The molecule has 0 amide bonds. The number of benzene rings is 1. The number of fused-ring (bicyclic) bond motifs is 1. The Hall–Kier alpha value is -2.76. The number of hydrogen-bond donors (Lipinski definition) is 0. The van der Waals surface area contributed by atoms with Crippen LogP contribution in [-0.4, -0.2) is 49.3 Å². The highest BCUT2D eigenvalue weighted by atomic mass is 32.1. The van der Waals surface area contributed by atoms with Crippen LogP contribution in [0, 0.1) is 21.4 Å². The Morgan fingerprint density at radius 2 is 2.00 bits per heavy atom. The molecule has 2 aromatic rings. The van der Waals surface area contributed by atoms with Crippen LogP contribution in [0.25, 0.3) is 0 Å².